The van der Waals surface area contributed by atoms with Gasteiger partial charge in [0.2, 0.25) is 0 Å². The van der Waals surface area contributed by atoms with Crippen LogP contribution in [-0.2, 0) is 16.1 Å². The van der Waals surface area contributed by atoms with Gasteiger partial charge in [0.25, 0.3) is 0 Å². The van der Waals surface area contributed by atoms with Crippen molar-refractivity contribution in [3.63, 3.8) is 0 Å². The highest BCUT2D eigenvalue weighted by atomic mass is 127. The van der Waals surface area contributed by atoms with E-state index in [1.807, 2.05) is 10.8 Å². The molecular weight excluding hydrogens is 387 g/mol. The van der Waals surface area contributed by atoms with E-state index in [1.54, 1.807) is 11.8 Å². The predicted molar refractivity (Wildman–Crippen MR) is 88.1 cm³/mol. The van der Waals surface area contributed by atoms with E-state index < -0.39 is 0 Å². The summed E-state index contributed by atoms with van der Waals surface area (Å²) in [5.74, 6) is 0. The van der Waals surface area contributed by atoms with Gasteiger partial charge in [-0.3, -0.25) is 0 Å². The summed E-state index contributed by atoms with van der Waals surface area (Å²) in [7, 11) is 0. The molecule has 0 radical (unpaired) electrons. The number of nitrogens with zero attached hydrogens (tertiary/aromatic N) is 2. The normalized spacial score (nSPS) is 19.6. The van der Waals surface area contributed by atoms with Gasteiger partial charge in [-0.05, 0) is 60.2 Å². The van der Waals surface area contributed by atoms with E-state index in [4.69, 9.17) is 9.47 Å². The Balaban J connectivity index is 1.80. The van der Waals surface area contributed by atoms with Crippen LogP contribution in [0.25, 0.3) is 5.52 Å². The molecule has 108 valence electrons. The lowest BCUT2D eigenvalue weighted by atomic mass is 10.2. The number of hydrogen-bond acceptors (Lipinski definition) is 4. The summed E-state index contributed by atoms with van der Waals surface area (Å²) in [6.07, 6.45) is 5.33. The van der Waals surface area contributed by atoms with Crippen LogP contribution in [0.15, 0.2) is 23.2 Å². The first-order valence-electron chi connectivity index (χ1n) is 6.72. The topological polar surface area (TPSA) is 35.8 Å². The zero-order valence-corrected chi connectivity index (χ0v) is 14.3. The molecule has 0 amide bonds. The number of fused-ring (bicyclic) bond motifs is 1. The summed E-state index contributed by atoms with van der Waals surface area (Å²) in [4.78, 5) is 0. The third-order valence-electron chi connectivity index (χ3n) is 3.41. The number of halogens is 1. The molecule has 3 heterocycles. The summed E-state index contributed by atoms with van der Waals surface area (Å²) < 4.78 is 14.6. The second-order valence-electron chi connectivity index (χ2n) is 4.77. The zero-order chi connectivity index (χ0) is 13.9. The van der Waals surface area contributed by atoms with Crippen LogP contribution in [0.5, 0.6) is 0 Å². The molecule has 6 heteroatoms. The number of hydrogen-bond donors (Lipinski definition) is 0. The van der Waals surface area contributed by atoms with Gasteiger partial charge in [-0.1, -0.05) is 6.07 Å². The smallest absolute Gasteiger partial charge is 0.158 e. The second-order valence-corrected chi connectivity index (χ2v) is 6.70. The molecule has 0 N–H and O–H groups in total. The molecular formula is C14H17IN2O2S. The van der Waals surface area contributed by atoms with Gasteiger partial charge in [-0.2, -0.15) is 5.10 Å². The maximum atomic E-state index is 5.89. The monoisotopic (exact) mass is 404 g/mol. The Labute approximate surface area is 136 Å². The molecule has 1 fully saturated rings. The van der Waals surface area contributed by atoms with E-state index in [2.05, 4.69) is 45.9 Å². The van der Waals surface area contributed by atoms with Crippen molar-refractivity contribution in [2.24, 2.45) is 0 Å². The van der Waals surface area contributed by atoms with Crippen molar-refractivity contribution in [2.45, 2.75) is 37.2 Å². The highest BCUT2D eigenvalue weighted by molar-refractivity contribution is 14.1. The molecule has 3 rings (SSSR count). The molecule has 0 saturated carbocycles. The summed E-state index contributed by atoms with van der Waals surface area (Å²) in [6.45, 7) is 1.39. The molecule has 2 aromatic rings. The lowest BCUT2D eigenvalue weighted by Crippen LogP contribution is -2.22. The molecule has 4 nitrogen and oxygen atoms in total. The Kier molecular flexibility index (Phi) is 4.85. The molecule has 20 heavy (non-hydrogen) atoms. The van der Waals surface area contributed by atoms with Crippen molar-refractivity contribution in [3.05, 3.63) is 27.5 Å². The summed E-state index contributed by atoms with van der Waals surface area (Å²) in [5.41, 5.74) is 2.28. The first kappa shape index (κ1) is 14.6. The molecule has 1 aliphatic rings. The van der Waals surface area contributed by atoms with E-state index in [9.17, 15) is 0 Å². The van der Waals surface area contributed by atoms with Gasteiger partial charge in [0, 0.05) is 12.2 Å². The highest BCUT2D eigenvalue weighted by Crippen LogP contribution is 2.23. The Morgan fingerprint density at radius 2 is 2.40 bits per heavy atom. The quantitative estimate of drug-likeness (QED) is 0.442. The summed E-state index contributed by atoms with van der Waals surface area (Å²) in [5, 5.41) is 5.60. The van der Waals surface area contributed by atoms with Crippen LogP contribution in [0.4, 0.5) is 0 Å². The maximum Gasteiger partial charge on any atom is 0.158 e. The van der Waals surface area contributed by atoms with Crippen molar-refractivity contribution in [3.8, 4) is 0 Å². The first-order valence-corrected chi connectivity index (χ1v) is 9.02. The van der Waals surface area contributed by atoms with Crippen LogP contribution in [0.3, 0.4) is 0 Å². The van der Waals surface area contributed by atoms with Crippen molar-refractivity contribution in [2.75, 3.05) is 12.9 Å². The van der Waals surface area contributed by atoms with Gasteiger partial charge >= 0.3 is 0 Å². The van der Waals surface area contributed by atoms with E-state index in [1.165, 1.54) is 6.42 Å². The molecule has 0 aliphatic carbocycles. The Morgan fingerprint density at radius 1 is 1.50 bits per heavy atom. The molecule has 0 aromatic carbocycles. The summed E-state index contributed by atoms with van der Waals surface area (Å²) in [6, 6.07) is 6.31. The molecule has 0 bridgehead atoms. The highest BCUT2D eigenvalue weighted by Gasteiger charge is 2.15. The Bertz CT molecular complexity index is 596. The van der Waals surface area contributed by atoms with Gasteiger partial charge in [0.15, 0.2) is 6.29 Å². The van der Waals surface area contributed by atoms with Crippen molar-refractivity contribution >= 4 is 39.9 Å². The lowest BCUT2D eigenvalue weighted by Gasteiger charge is -2.22. The van der Waals surface area contributed by atoms with Crippen LogP contribution in [-0.4, -0.2) is 28.8 Å². The number of rotatable bonds is 4. The predicted octanol–water partition coefficient (Wildman–Crippen LogP) is 3.70. The Hall–Kier alpha value is -0.310. The minimum atomic E-state index is -0.0500. The number of pyridine rings is 1. The average Bonchev–Trinajstić information content (AvgIpc) is 2.93. The fraction of sp³-hybridized carbons (Fsp3) is 0.500. The molecule has 1 atom stereocenters. The standard InChI is InChI=1S/C14H17IN2O2S/c1-20-13-8-11-10(5-6-12(15)17(11)16-13)9-19-14-4-2-3-7-18-14/h5-6,8,14H,2-4,7,9H2,1H3. The van der Waals surface area contributed by atoms with Gasteiger partial charge in [-0.15, -0.1) is 11.8 Å². The van der Waals surface area contributed by atoms with Gasteiger partial charge < -0.3 is 9.47 Å². The fourth-order valence-electron chi connectivity index (χ4n) is 2.32. The molecule has 1 aliphatic heterocycles. The van der Waals surface area contributed by atoms with Gasteiger partial charge in [0.05, 0.1) is 12.1 Å². The van der Waals surface area contributed by atoms with Crippen LogP contribution in [0.2, 0.25) is 0 Å². The van der Waals surface area contributed by atoms with Crippen molar-refractivity contribution < 1.29 is 9.47 Å². The first-order chi connectivity index (χ1) is 9.78. The molecule has 0 spiro atoms. The average molecular weight is 404 g/mol. The van der Waals surface area contributed by atoms with Gasteiger partial charge in [-0.25, -0.2) is 4.52 Å². The minimum Gasteiger partial charge on any atom is -0.353 e. The van der Waals surface area contributed by atoms with E-state index >= 15 is 0 Å². The molecule has 1 saturated heterocycles. The maximum absolute atomic E-state index is 5.89. The summed E-state index contributed by atoms with van der Waals surface area (Å²) >= 11 is 3.96. The van der Waals surface area contributed by atoms with Crippen LogP contribution < -0.4 is 0 Å². The largest absolute Gasteiger partial charge is 0.353 e. The second kappa shape index (κ2) is 6.64. The third kappa shape index (κ3) is 3.13. The van der Waals surface area contributed by atoms with E-state index in [0.29, 0.717) is 6.61 Å². The Morgan fingerprint density at radius 3 is 3.15 bits per heavy atom. The SMILES string of the molecule is CSc1cc2c(COC3CCCCO3)ccc(I)n2n1. The van der Waals surface area contributed by atoms with Gasteiger partial charge in [0.1, 0.15) is 8.73 Å². The van der Waals surface area contributed by atoms with E-state index in [0.717, 1.165) is 39.3 Å². The van der Waals surface area contributed by atoms with Crippen LogP contribution in [0.1, 0.15) is 24.8 Å². The van der Waals surface area contributed by atoms with Crippen molar-refractivity contribution in [1.29, 1.82) is 0 Å². The fourth-order valence-corrected chi connectivity index (χ4v) is 3.26. The van der Waals surface area contributed by atoms with E-state index in [-0.39, 0.29) is 6.29 Å². The lowest BCUT2D eigenvalue weighted by molar-refractivity contribution is -0.168. The number of ether oxygens (including phenoxy) is 2. The third-order valence-corrected chi connectivity index (χ3v) is 4.85. The molecule has 1 unspecified atom stereocenters. The zero-order valence-electron chi connectivity index (χ0n) is 11.3. The molecule has 2 aromatic heterocycles. The van der Waals surface area contributed by atoms with Crippen LogP contribution in [0, 0.1) is 3.70 Å². The van der Waals surface area contributed by atoms with Crippen LogP contribution >= 0.6 is 34.4 Å². The number of aromatic nitrogens is 2. The van der Waals surface area contributed by atoms with Crippen molar-refractivity contribution in [1.82, 2.24) is 9.61 Å². The minimum absolute atomic E-state index is 0.0500. The number of thioether (sulfide) groups is 1.